The van der Waals surface area contributed by atoms with Crippen molar-refractivity contribution in [3.63, 3.8) is 0 Å². The summed E-state index contributed by atoms with van der Waals surface area (Å²) in [7, 11) is 0. The molecule has 1 aromatic rings. The number of carbonyl (C=O) groups excluding carboxylic acids is 2. The fourth-order valence-corrected chi connectivity index (χ4v) is 2.54. The van der Waals surface area contributed by atoms with E-state index in [0.29, 0.717) is 0 Å². The summed E-state index contributed by atoms with van der Waals surface area (Å²) < 4.78 is 7.11. The minimum atomic E-state index is -0.769. The molecule has 0 aromatic carbocycles. The second kappa shape index (κ2) is 7.42. The Morgan fingerprint density at radius 1 is 1.14 bits per heavy atom. The van der Waals surface area contributed by atoms with E-state index >= 15 is 0 Å². The Bertz CT molecular complexity index is 516. The van der Waals surface area contributed by atoms with E-state index < -0.39 is 12.1 Å². The Morgan fingerprint density at radius 3 is 2.32 bits per heavy atom. The number of likely N-dealkylation sites (tertiary alicyclic amines) is 1. The van der Waals surface area contributed by atoms with E-state index in [9.17, 15) is 9.59 Å². The smallest absolute Gasteiger partial charge is 0.359 e. The summed E-state index contributed by atoms with van der Waals surface area (Å²) in [5, 5.41) is 0. The van der Waals surface area contributed by atoms with Gasteiger partial charge in [-0.15, -0.1) is 0 Å². The summed E-state index contributed by atoms with van der Waals surface area (Å²) >= 11 is 0. The monoisotopic (exact) mass is 307 g/mol. The Kier molecular flexibility index (Phi) is 5.57. The van der Waals surface area contributed by atoms with Gasteiger partial charge in [0.15, 0.2) is 11.8 Å². The summed E-state index contributed by atoms with van der Waals surface area (Å²) in [5.74, 6) is -0.659. The summed E-state index contributed by atoms with van der Waals surface area (Å²) in [6, 6.07) is 0.227. The van der Waals surface area contributed by atoms with Gasteiger partial charge in [0.2, 0.25) is 0 Å². The van der Waals surface area contributed by atoms with Crippen LogP contribution in [0.5, 0.6) is 0 Å². The molecular formula is C16H25N3O3. The number of ether oxygens (including phenoxy) is 1. The zero-order chi connectivity index (χ0) is 16.1. The van der Waals surface area contributed by atoms with Crippen molar-refractivity contribution in [2.24, 2.45) is 0 Å². The van der Waals surface area contributed by atoms with E-state index in [1.54, 1.807) is 24.3 Å². The maximum atomic E-state index is 12.4. The molecule has 1 aromatic heterocycles. The molecule has 0 N–H and O–H groups in total. The number of amides is 1. The van der Waals surface area contributed by atoms with Crippen LogP contribution in [0.1, 0.15) is 63.0 Å². The number of hydrogen-bond acceptors (Lipinski definition) is 4. The molecule has 122 valence electrons. The van der Waals surface area contributed by atoms with Crippen LogP contribution in [0.3, 0.4) is 0 Å². The van der Waals surface area contributed by atoms with E-state index in [4.69, 9.17) is 4.74 Å². The first kappa shape index (κ1) is 16.5. The van der Waals surface area contributed by atoms with Crippen molar-refractivity contribution in [3.05, 3.63) is 18.2 Å². The molecule has 22 heavy (non-hydrogen) atoms. The fraction of sp³-hybridized carbons (Fsp3) is 0.688. The van der Waals surface area contributed by atoms with Crippen LogP contribution in [0.2, 0.25) is 0 Å². The van der Waals surface area contributed by atoms with E-state index in [1.807, 2.05) is 18.4 Å². The van der Waals surface area contributed by atoms with Gasteiger partial charge in [-0.3, -0.25) is 4.79 Å². The minimum absolute atomic E-state index is 0.112. The van der Waals surface area contributed by atoms with Gasteiger partial charge in [-0.2, -0.15) is 0 Å². The lowest BCUT2D eigenvalue weighted by molar-refractivity contribution is -0.139. The van der Waals surface area contributed by atoms with Crippen molar-refractivity contribution in [1.29, 1.82) is 0 Å². The Balaban J connectivity index is 1.93. The zero-order valence-corrected chi connectivity index (χ0v) is 13.6. The standard InChI is InChI=1S/C16H25N3O3/c1-12(2)19-10-14(17-11-19)16(21)22-13(3)15(20)18-8-6-4-5-7-9-18/h10-13H,4-9H2,1-3H3/t13-/m0/s1. The highest BCUT2D eigenvalue weighted by Crippen LogP contribution is 2.13. The molecule has 2 heterocycles. The molecule has 0 spiro atoms. The van der Waals surface area contributed by atoms with Gasteiger partial charge in [0.05, 0.1) is 6.33 Å². The summed E-state index contributed by atoms with van der Waals surface area (Å²) in [6.45, 7) is 7.14. The second-order valence-corrected chi connectivity index (χ2v) is 6.09. The van der Waals surface area contributed by atoms with Crippen LogP contribution in [0.25, 0.3) is 0 Å². The molecule has 0 unspecified atom stereocenters. The van der Waals surface area contributed by atoms with Gasteiger partial charge in [0.1, 0.15) is 0 Å². The topological polar surface area (TPSA) is 64.4 Å². The number of nitrogens with zero attached hydrogens (tertiary/aromatic N) is 3. The highest BCUT2D eigenvalue weighted by molar-refractivity contribution is 5.90. The van der Waals surface area contributed by atoms with Crippen molar-refractivity contribution >= 4 is 11.9 Å². The van der Waals surface area contributed by atoms with Gasteiger partial charge in [-0.1, -0.05) is 12.8 Å². The van der Waals surface area contributed by atoms with Crippen molar-refractivity contribution in [3.8, 4) is 0 Å². The molecular weight excluding hydrogens is 282 g/mol. The van der Waals surface area contributed by atoms with Crippen LogP contribution < -0.4 is 0 Å². The normalized spacial score (nSPS) is 17.2. The summed E-state index contributed by atoms with van der Waals surface area (Å²) in [6.07, 6.45) is 6.83. The minimum Gasteiger partial charge on any atom is -0.448 e. The van der Waals surface area contributed by atoms with Gasteiger partial charge in [0.25, 0.3) is 5.91 Å². The maximum absolute atomic E-state index is 12.4. The Hall–Kier alpha value is -1.85. The third-order valence-electron chi connectivity index (χ3n) is 3.96. The molecule has 1 aliphatic rings. The lowest BCUT2D eigenvalue weighted by Crippen LogP contribution is -2.40. The van der Waals surface area contributed by atoms with E-state index in [1.165, 1.54) is 0 Å². The lowest BCUT2D eigenvalue weighted by Gasteiger charge is -2.23. The average Bonchev–Trinajstić information content (AvgIpc) is 2.83. The number of carbonyl (C=O) groups is 2. The molecule has 1 saturated heterocycles. The van der Waals surface area contributed by atoms with Crippen LogP contribution in [0.15, 0.2) is 12.5 Å². The first-order chi connectivity index (χ1) is 10.5. The first-order valence-corrected chi connectivity index (χ1v) is 8.02. The van der Waals surface area contributed by atoms with Gasteiger partial charge in [0, 0.05) is 25.3 Å². The summed E-state index contributed by atoms with van der Waals surface area (Å²) in [4.78, 5) is 30.3. The van der Waals surface area contributed by atoms with Crippen LogP contribution in [0.4, 0.5) is 0 Å². The highest BCUT2D eigenvalue weighted by Gasteiger charge is 2.25. The third-order valence-corrected chi connectivity index (χ3v) is 3.96. The predicted octanol–water partition coefficient (Wildman–Crippen LogP) is 2.41. The third kappa shape index (κ3) is 4.08. The van der Waals surface area contributed by atoms with Crippen molar-refractivity contribution < 1.29 is 14.3 Å². The molecule has 1 fully saturated rings. The average molecular weight is 307 g/mol. The molecule has 1 amide bonds. The number of aromatic nitrogens is 2. The fourth-order valence-electron chi connectivity index (χ4n) is 2.54. The molecule has 0 aliphatic carbocycles. The molecule has 1 aliphatic heterocycles. The van der Waals surface area contributed by atoms with Crippen molar-refractivity contribution in [2.75, 3.05) is 13.1 Å². The number of esters is 1. The highest BCUT2D eigenvalue weighted by atomic mass is 16.5. The first-order valence-electron chi connectivity index (χ1n) is 8.02. The van der Waals surface area contributed by atoms with Crippen molar-refractivity contribution in [2.45, 2.75) is 58.6 Å². The molecule has 6 nitrogen and oxygen atoms in total. The molecule has 0 radical (unpaired) electrons. The Morgan fingerprint density at radius 2 is 1.77 bits per heavy atom. The van der Waals surface area contributed by atoms with Gasteiger partial charge >= 0.3 is 5.97 Å². The van der Waals surface area contributed by atoms with E-state index in [2.05, 4.69) is 4.98 Å². The van der Waals surface area contributed by atoms with Crippen LogP contribution in [-0.4, -0.2) is 45.5 Å². The molecule has 2 rings (SSSR count). The van der Waals surface area contributed by atoms with Gasteiger partial charge in [-0.05, 0) is 33.6 Å². The van der Waals surface area contributed by atoms with E-state index in [-0.39, 0.29) is 17.6 Å². The van der Waals surface area contributed by atoms with Gasteiger partial charge in [-0.25, -0.2) is 9.78 Å². The summed E-state index contributed by atoms with van der Waals surface area (Å²) in [5.41, 5.74) is 0.240. The number of rotatable bonds is 4. The zero-order valence-electron chi connectivity index (χ0n) is 13.6. The molecule has 0 saturated carbocycles. The van der Waals surface area contributed by atoms with Crippen LogP contribution in [0, 0.1) is 0 Å². The van der Waals surface area contributed by atoms with Crippen molar-refractivity contribution in [1.82, 2.24) is 14.5 Å². The maximum Gasteiger partial charge on any atom is 0.359 e. The molecule has 0 bridgehead atoms. The molecule has 6 heteroatoms. The van der Waals surface area contributed by atoms with Crippen LogP contribution in [-0.2, 0) is 9.53 Å². The van der Waals surface area contributed by atoms with Gasteiger partial charge < -0.3 is 14.2 Å². The number of hydrogen-bond donors (Lipinski definition) is 0. The predicted molar refractivity (Wildman–Crippen MR) is 82.5 cm³/mol. The number of imidazole rings is 1. The Labute approximate surface area is 131 Å². The quantitative estimate of drug-likeness (QED) is 0.801. The van der Waals surface area contributed by atoms with Crippen LogP contribution >= 0.6 is 0 Å². The molecule has 1 atom stereocenters. The largest absolute Gasteiger partial charge is 0.448 e. The SMILES string of the molecule is CC(C)n1cnc(C(=O)O[C@@H](C)C(=O)N2CCCCCC2)c1. The van der Waals surface area contributed by atoms with E-state index in [0.717, 1.165) is 38.8 Å². The lowest BCUT2D eigenvalue weighted by atomic mass is 10.2. The second-order valence-electron chi connectivity index (χ2n) is 6.09.